The minimum absolute atomic E-state index is 1.01. The smallest absolute Gasteiger partial charge is 0.123 e. The molecule has 0 fully saturated rings. The van der Waals surface area contributed by atoms with Crippen LogP contribution in [0.15, 0.2) is 48.0 Å². The Hall–Kier alpha value is -2.20. The summed E-state index contributed by atoms with van der Waals surface area (Å²) in [5.74, 6) is 0. The summed E-state index contributed by atoms with van der Waals surface area (Å²) in [5, 5.41) is 11.4. The zero-order valence-electron chi connectivity index (χ0n) is 9.42. The Bertz CT molecular complexity index is 772. The molecule has 0 aliphatic heterocycles. The van der Waals surface area contributed by atoms with Gasteiger partial charge in [-0.05, 0) is 35.7 Å². The van der Waals surface area contributed by atoms with Crippen LogP contribution in [0.1, 0.15) is 0 Å². The summed E-state index contributed by atoms with van der Waals surface area (Å²) in [4.78, 5) is 5.77. The molecule has 0 atom stereocenters. The van der Waals surface area contributed by atoms with E-state index < -0.39 is 0 Å². The lowest BCUT2D eigenvalue weighted by Crippen LogP contribution is -1.82. The number of rotatable bonds is 1. The number of nitrogens with zero attached hydrogens (tertiary/aromatic N) is 2. The lowest BCUT2D eigenvalue weighted by Gasteiger charge is -2.01. The first-order chi connectivity index (χ1) is 8.90. The van der Waals surface area contributed by atoms with Crippen LogP contribution in [0.5, 0.6) is 0 Å². The number of nitrogens with one attached hydrogen (secondary N) is 1. The summed E-state index contributed by atoms with van der Waals surface area (Å²) < 4.78 is 0. The van der Waals surface area contributed by atoms with Crippen molar-refractivity contribution in [1.29, 1.82) is 0 Å². The van der Waals surface area contributed by atoms with E-state index >= 15 is 0 Å². The molecular weight excluding hydrogens is 242 g/mol. The first kappa shape index (κ1) is 9.79. The topological polar surface area (TPSA) is 41.6 Å². The third-order valence-corrected chi connectivity index (χ3v) is 3.88. The molecule has 0 aliphatic carbocycles. The molecule has 4 aromatic rings. The van der Waals surface area contributed by atoms with Gasteiger partial charge < -0.3 is 0 Å². The monoisotopic (exact) mass is 251 g/mol. The average Bonchev–Trinajstić information content (AvgIpc) is 3.05. The Morgan fingerprint density at radius 3 is 3.00 bits per heavy atom. The van der Waals surface area contributed by atoms with E-state index in [4.69, 9.17) is 0 Å². The van der Waals surface area contributed by atoms with Gasteiger partial charge in [-0.1, -0.05) is 6.07 Å². The molecule has 3 heterocycles. The van der Waals surface area contributed by atoms with Crippen LogP contribution >= 0.6 is 11.3 Å². The van der Waals surface area contributed by atoms with Crippen molar-refractivity contribution in [3.8, 4) is 11.3 Å². The van der Waals surface area contributed by atoms with Crippen molar-refractivity contribution >= 4 is 32.5 Å². The summed E-state index contributed by atoms with van der Waals surface area (Å²) in [7, 11) is 0. The molecule has 86 valence electrons. The maximum Gasteiger partial charge on any atom is 0.123 e. The average molecular weight is 251 g/mol. The van der Waals surface area contributed by atoms with Gasteiger partial charge >= 0.3 is 0 Å². The van der Waals surface area contributed by atoms with Crippen LogP contribution in [0.3, 0.4) is 0 Å². The molecule has 0 aliphatic rings. The summed E-state index contributed by atoms with van der Waals surface area (Å²) in [6, 6.07) is 12.5. The molecule has 1 aromatic carbocycles. The molecule has 3 nitrogen and oxygen atoms in total. The van der Waals surface area contributed by atoms with Crippen LogP contribution in [-0.4, -0.2) is 15.2 Å². The predicted octanol–water partition coefficient (Wildman–Crippen LogP) is 3.84. The highest BCUT2D eigenvalue weighted by atomic mass is 32.1. The van der Waals surface area contributed by atoms with Crippen LogP contribution < -0.4 is 0 Å². The van der Waals surface area contributed by atoms with Crippen molar-refractivity contribution in [3.63, 3.8) is 0 Å². The van der Waals surface area contributed by atoms with Gasteiger partial charge in [-0.25, -0.2) is 4.98 Å². The SMILES string of the molecule is c1cc2ccc(-c3ccc4[nH]ncc4c3)nc2s1. The fourth-order valence-electron chi connectivity index (χ4n) is 2.11. The van der Waals surface area contributed by atoms with Gasteiger partial charge in [0.25, 0.3) is 0 Å². The van der Waals surface area contributed by atoms with Crippen LogP contribution in [-0.2, 0) is 0 Å². The Kier molecular flexibility index (Phi) is 1.98. The molecule has 0 spiro atoms. The number of benzene rings is 1. The molecule has 1 N–H and O–H groups in total. The molecule has 0 saturated carbocycles. The van der Waals surface area contributed by atoms with Gasteiger partial charge in [-0.15, -0.1) is 11.3 Å². The van der Waals surface area contributed by atoms with Gasteiger partial charge in [0.1, 0.15) is 4.83 Å². The molecule has 0 amide bonds. The second kappa shape index (κ2) is 3.65. The third kappa shape index (κ3) is 1.43. The number of thiophene rings is 1. The molecular formula is C14H9N3S. The Labute approximate surface area is 107 Å². The molecule has 0 bridgehead atoms. The Morgan fingerprint density at radius 1 is 1.00 bits per heavy atom. The largest absolute Gasteiger partial charge is 0.278 e. The second-order valence-electron chi connectivity index (χ2n) is 4.18. The van der Waals surface area contributed by atoms with Gasteiger partial charge in [0.15, 0.2) is 0 Å². The summed E-state index contributed by atoms with van der Waals surface area (Å²) in [6.45, 7) is 0. The van der Waals surface area contributed by atoms with Crippen molar-refractivity contribution in [2.75, 3.05) is 0 Å². The highest BCUT2D eigenvalue weighted by molar-refractivity contribution is 7.16. The van der Waals surface area contributed by atoms with E-state index in [1.807, 2.05) is 12.3 Å². The molecule has 4 rings (SSSR count). The summed E-state index contributed by atoms with van der Waals surface area (Å²) in [5.41, 5.74) is 3.18. The van der Waals surface area contributed by atoms with Crippen molar-refractivity contribution in [3.05, 3.63) is 48.0 Å². The molecule has 18 heavy (non-hydrogen) atoms. The number of aromatic nitrogens is 3. The minimum atomic E-state index is 1.01. The highest BCUT2D eigenvalue weighted by Gasteiger charge is 2.04. The lowest BCUT2D eigenvalue weighted by molar-refractivity contribution is 1.12. The second-order valence-corrected chi connectivity index (χ2v) is 5.08. The molecule has 0 unspecified atom stereocenters. The van der Waals surface area contributed by atoms with Crippen LogP contribution in [0, 0.1) is 0 Å². The van der Waals surface area contributed by atoms with Crippen molar-refractivity contribution in [2.45, 2.75) is 0 Å². The van der Waals surface area contributed by atoms with Crippen LogP contribution in [0.4, 0.5) is 0 Å². The van der Waals surface area contributed by atoms with Gasteiger partial charge in [0.2, 0.25) is 0 Å². The Balaban J connectivity index is 1.93. The van der Waals surface area contributed by atoms with E-state index in [0.29, 0.717) is 0 Å². The van der Waals surface area contributed by atoms with Gasteiger partial charge in [0.05, 0.1) is 17.4 Å². The van der Waals surface area contributed by atoms with Gasteiger partial charge in [-0.3, -0.25) is 5.10 Å². The van der Waals surface area contributed by atoms with Crippen molar-refractivity contribution in [2.24, 2.45) is 0 Å². The van der Waals surface area contributed by atoms with Crippen LogP contribution in [0.25, 0.3) is 32.4 Å². The molecule has 0 saturated heterocycles. The normalized spacial score (nSPS) is 11.3. The Morgan fingerprint density at radius 2 is 2.00 bits per heavy atom. The minimum Gasteiger partial charge on any atom is -0.278 e. The predicted molar refractivity (Wildman–Crippen MR) is 74.7 cm³/mol. The highest BCUT2D eigenvalue weighted by Crippen LogP contribution is 2.26. The van der Waals surface area contributed by atoms with Crippen molar-refractivity contribution in [1.82, 2.24) is 15.2 Å². The van der Waals surface area contributed by atoms with E-state index in [1.54, 1.807) is 11.3 Å². The molecule has 3 aromatic heterocycles. The summed E-state index contributed by atoms with van der Waals surface area (Å²) in [6.07, 6.45) is 1.84. The van der Waals surface area contributed by atoms with E-state index in [1.165, 1.54) is 5.39 Å². The number of fused-ring (bicyclic) bond motifs is 2. The maximum absolute atomic E-state index is 4.68. The van der Waals surface area contributed by atoms with Crippen molar-refractivity contribution < 1.29 is 0 Å². The molecule has 4 heteroatoms. The van der Waals surface area contributed by atoms with E-state index in [0.717, 1.165) is 27.0 Å². The first-order valence-corrected chi connectivity index (χ1v) is 6.56. The first-order valence-electron chi connectivity index (χ1n) is 5.68. The van der Waals surface area contributed by atoms with E-state index in [9.17, 15) is 0 Å². The fourth-order valence-corrected chi connectivity index (χ4v) is 2.87. The van der Waals surface area contributed by atoms with E-state index in [2.05, 4.69) is 50.9 Å². The maximum atomic E-state index is 4.68. The van der Waals surface area contributed by atoms with Gasteiger partial charge in [0, 0.05) is 16.3 Å². The number of pyridine rings is 1. The zero-order valence-corrected chi connectivity index (χ0v) is 10.2. The lowest BCUT2D eigenvalue weighted by atomic mass is 10.1. The number of hydrogen-bond donors (Lipinski definition) is 1. The number of H-pyrrole nitrogens is 1. The quantitative estimate of drug-likeness (QED) is 0.558. The number of aromatic amines is 1. The molecule has 0 radical (unpaired) electrons. The fraction of sp³-hybridized carbons (Fsp3) is 0. The zero-order chi connectivity index (χ0) is 11.9. The standard InChI is InChI=1S/C14H9N3S/c1-3-12(16-14-9(1)5-6-18-14)10-2-4-13-11(7-10)8-15-17-13/h1-8H,(H,15,17). The third-order valence-electron chi connectivity index (χ3n) is 3.05. The summed E-state index contributed by atoms with van der Waals surface area (Å²) >= 11 is 1.67. The van der Waals surface area contributed by atoms with Crippen LogP contribution in [0.2, 0.25) is 0 Å². The van der Waals surface area contributed by atoms with Gasteiger partial charge in [-0.2, -0.15) is 5.10 Å². The number of hydrogen-bond acceptors (Lipinski definition) is 3. The van der Waals surface area contributed by atoms with E-state index in [-0.39, 0.29) is 0 Å².